The van der Waals surface area contributed by atoms with E-state index in [1.54, 1.807) is 34.6 Å². The van der Waals surface area contributed by atoms with E-state index in [-0.39, 0.29) is 5.91 Å². The molecule has 1 aromatic heterocycles. The lowest BCUT2D eigenvalue weighted by molar-refractivity contribution is -0.130. The maximum atomic E-state index is 12.9. The third-order valence-electron chi connectivity index (χ3n) is 6.47. The first-order chi connectivity index (χ1) is 16.9. The Balaban J connectivity index is 1.27. The van der Waals surface area contributed by atoms with Gasteiger partial charge in [-0.3, -0.25) is 9.48 Å². The normalized spacial score (nSPS) is 15.0. The van der Waals surface area contributed by atoms with Crippen LogP contribution in [0.4, 0.5) is 0 Å². The van der Waals surface area contributed by atoms with Gasteiger partial charge in [0.05, 0.1) is 17.6 Å². The summed E-state index contributed by atoms with van der Waals surface area (Å²) in [4.78, 5) is 14.7. The van der Waals surface area contributed by atoms with Crippen molar-refractivity contribution in [2.24, 2.45) is 0 Å². The molecular formula is C27H34N4O3S. The van der Waals surface area contributed by atoms with Gasteiger partial charge in [0, 0.05) is 44.9 Å². The van der Waals surface area contributed by atoms with Gasteiger partial charge in [0.15, 0.2) is 0 Å². The standard InChI is InChI=1S/C27H34N4O3S/c1-29(20-25-19-28-30(22-25)21-24-9-5-4-6-10-24)27(32)16-13-23-11-14-26(15-12-23)35(33,34)31-17-7-2-3-8-18-31/h4-6,9-12,14-15,19,22H,2-3,7-8,13,16-18,20-21H2,1H3. The van der Waals surface area contributed by atoms with Gasteiger partial charge in [-0.05, 0) is 42.5 Å². The number of nitrogens with zero attached hydrogens (tertiary/aromatic N) is 4. The molecule has 0 saturated carbocycles. The SMILES string of the molecule is CN(Cc1cnn(Cc2ccccc2)c1)C(=O)CCc1ccc(S(=O)(=O)N2CCCCCC2)cc1. The highest BCUT2D eigenvalue weighted by atomic mass is 32.2. The topological polar surface area (TPSA) is 75.5 Å². The van der Waals surface area contributed by atoms with Gasteiger partial charge in [0.1, 0.15) is 0 Å². The highest BCUT2D eigenvalue weighted by molar-refractivity contribution is 7.89. The molecule has 8 heteroatoms. The van der Waals surface area contributed by atoms with E-state index in [2.05, 4.69) is 17.2 Å². The molecule has 1 aliphatic heterocycles. The summed E-state index contributed by atoms with van der Waals surface area (Å²) in [6.45, 7) is 2.38. The smallest absolute Gasteiger partial charge is 0.243 e. The zero-order chi connectivity index (χ0) is 24.7. The van der Waals surface area contributed by atoms with E-state index >= 15 is 0 Å². The van der Waals surface area contributed by atoms with Gasteiger partial charge in [0.25, 0.3) is 0 Å². The molecule has 0 N–H and O–H groups in total. The molecule has 1 aliphatic rings. The molecule has 35 heavy (non-hydrogen) atoms. The van der Waals surface area contributed by atoms with E-state index < -0.39 is 10.0 Å². The number of carbonyl (C=O) groups is 1. The second kappa shape index (κ2) is 11.6. The summed E-state index contributed by atoms with van der Waals surface area (Å²) < 4.78 is 29.4. The number of rotatable bonds is 9. The molecule has 4 rings (SSSR count). The maximum absolute atomic E-state index is 12.9. The van der Waals surface area contributed by atoms with Gasteiger partial charge in [-0.15, -0.1) is 0 Å². The summed E-state index contributed by atoms with van der Waals surface area (Å²) in [6.07, 6.45) is 8.72. The van der Waals surface area contributed by atoms with Crippen LogP contribution in [0.15, 0.2) is 71.9 Å². The minimum absolute atomic E-state index is 0.0436. The van der Waals surface area contributed by atoms with Crippen molar-refractivity contribution in [2.45, 2.75) is 56.5 Å². The molecule has 1 saturated heterocycles. The van der Waals surface area contributed by atoms with Crippen molar-refractivity contribution in [1.82, 2.24) is 19.0 Å². The van der Waals surface area contributed by atoms with Crippen molar-refractivity contribution >= 4 is 15.9 Å². The van der Waals surface area contributed by atoms with Gasteiger partial charge in [-0.25, -0.2) is 8.42 Å². The molecule has 0 bridgehead atoms. The summed E-state index contributed by atoms with van der Waals surface area (Å²) in [5.41, 5.74) is 3.12. The number of hydrogen-bond donors (Lipinski definition) is 0. The lowest BCUT2D eigenvalue weighted by Gasteiger charge is -2.20. The van der Waals surface area contributed by atoms with Gasteiger partial charge in [-0.2, -0.15) is 9.40 Å². The fourth-order valence-electron chi connectivity index (χ4n) is 4.41. The van der Waals surface area contributed by atoms with Crippen LogP contribution >= 0.6 is 0 Å². The molecule has 0 unspecified atom stereocenters. The fourth-order valence-corrected chi connectivity index (χ4v) is 5.93. The van der Waals surface area contributed by atoms with E-state index in [1.807, 2.05) is 41.2 Å². The van der Waals surface area contributed by atoms with Crippen LogP contribution in [0.25, 0.3) is 0 Å². The molecule has 3 aromatic rings. The number of aryl methyl sites for hydroxylation is 1. The predicted octanol–water partition coefficient (Wildman–Crippen LogP) is 4.09. The Bertz CT molecular complexity index is 1200. The molecule has 1 fully saturated rings. The first-order valence-electron chi connectivity index (χ1n) is 12.3. The maximum Gasteiger partial charge on any atom is 0.243 e. The van der Waals surface area contributed by atoms with Crippen molar-refractivity contribution in [3.05, 3.63) is 83.7 Å². The average molecular weight is 495 g/mol. The molecule has 7 nitrogen and oxygen atoms in total. The minimum Gasteiger partial charge on any atom is -0.341 e. The largest absolute Gasteiger partial charge is 0.341 e. The van der Waals surface area contributed by atoms with Crippen LogP contribution in [0.1, 0.15) is 48.8 Å². The van der Waals surface area contributed by atoms with E-state index in [0.717, 1.165) is 36.8 Å². The Morgan fingerprint density at radius 3 is 2.29 bits per heavy atom. The summed E-state index contributed by atoms with van der Waals surface area (Å²) in [5, 5.41) is 4.41. The quantitative estimate of drug-likeness (QED) is 0.449. The summed E-state index contributed by atoms with van der Waals surface area (Å²) in [6, 6.07) is 17.1. The lowest BCUT2D eigenvalue weighted by atomic mass is 10.1. The number of carbonyl (C=O) groups excluding carboxylic acids is 1. The Morgan fingerprint density at radius 1 is 0.914 bits per heavy atom. The fraction of sp³-hybridized carbons (Fsp3) is 0.407. The first-order valence-corrected chi connectivity index (χ1v) is 13.7. The second-order valence-electron chi connectivity index (χ2n) is 9.24. The molecule has 1 amide bonds. The van der Waals surface area contributed by atoms with Crippen molar-refractivity contribution < 1.29 is 13.2 Å². The Kier molecular flexibility index (Phi) is 8.36. The third kappa shape index (κ3) is 6.80. The van der Waals surface area contributed by atoms with E-state index in [0.29, 0.717) is 43.9 Å². The summed E-state index contributed by atoms with van der Waals surface area (Å²) in [7, 11) is -1.65. The molecule has 2 aromatic carbocycles. The average Bonchev–Trinajstić information content (AvgIpc) is 3.11. The number of benzene rings is 2. The Hall–Kier alpha value is -2.97. The van der Waals surface area contributed by atoms with Crippen molar-refractivity contribution in [3.8, 4) is 0 Å². The van der Waals surface area contributed by atoms with Gasteiger partial charge >= 0.3 is 0 Å². The summed E-state index contributed by atoms with van der Waals surface area (Å²) in [5.74, 6) is 0.0436. The van der Waals surface area contributed by atoms with Crippen molar-refractivity contribution in [3.63, 3.8) is 0 Å². The molecule has 0 spiro atoms. The van der Waals surface area contributed by atoms with Gasteiger partial charge in [0.2, 0.25) is 15.9 Å². The number of sulfonamides is 1. The van der Waals surface area contributed by atoms with Crippen LogP contribution < -0.4 is 0 Å². The van der Waals surface area contributed by atoms with Crippen LogP contribution in [0.2, 0.25) is 0 Å². The Labute approximate surface area is 208 Å². The van der Waals surface area contributed by atoms with Crippen molar-refractivity contribution in [1.29, 1.82) is 0 Å². The Morgan fingerprint density at radius 2 is 1.60 bits per heavy atom. The molecule has 0 radical (unpaired) electrons. The predicted molar refractivity (Wildman–Crippen MR) is 136 cm³/mol. The molecule has 2 heterocycles. The molecule has 186 valence electrons. The zero-order valence-electron chi connectivity index (χ0n) is 20.3. The highest BCUT2D eigenvalue weighted by Crippen LogP contribution is 2.21. The monoisotopic (exact) mass is 494 g/mol. The third-order valence-corrected chi connectivity index (χ3v) is 8.39. The van der Waals surface area contributed by atoms with Crippen LogP contribution in [0.3, 0.4) is 0 Å². The lowest BCUT2D eigenvalue weighted by Crippen LogP contribution is -2.31. The van der Waals surface area contributed by atoms with E-state index in [9.17, 15) is 13.2 Å². The minimum atomic E-state index is -3.45. The van der Waals surface area contributed by atoms with Gasteiger partial charge < -0.3 is 4.90 Å². The number of amides is 1. The summed E-state index contributed by atoms with van der Waals surface area (Å²) >= 11 is 0. The van der Waals surface area contributed by atoms with E-state index in [1.165, 1.54) is 5.56 Å². The molecule has 0 atom stereocenters. The van der Waals surface area contributed by atoms with Crippen molar-refractivity contribution in [2.75, 3.05) is 20.1 Å². The zero-order valence-corrected chi connectivity index (χ0v) is 21.2. The first kappa shape index (κ1) is 25.1. The molecular weight excluding hydrogens is 460 g/mol. The van der Waals surface area contributed by atoms with Crippen LogP contribution in [0, 0.1) is 0 Å². The van der Waals surface area contributed by atoms with Crippen LogP contribution in [-0.2, 0) is 34.3 Å². The van der Waals surface area contributed by atoms with Gasteiger partial charge in [-0.1, -0.05) is 55.3 Å². The van der Waals surface area contributed by atoms with Crippen LogP contribution in [-0.4, -0.2) is 53.4 Å². The second-order valence-corrected chi connectivity index (χ2v) is 11.2. The van der Waals surface area contributed by atoms with Crippen LogP contribution in [0.5, 0.6) is 0 Å². The molecule has 0 aliphatic carbocycles. The highest BCUT2D eigenvalue weighted by Gasteiger charge is 2.25. The number of aromatic nitrogens is 2. The van der Waals surface area contributed by atoms with E-state index in [4.69, 9.17) is 0 Å². The number of hydrogen-bond acceptors (Lipinski definition) is 4.